The molecule has 0 radical (unpaired) electrons. The molecule has 21 heavy (non-hydrogen) atoms. The van der Waals surface area contributed by atoms with Gasteiger partial charge in [-0.2, -0.15) is 4.98 Å². The lowest BCUT2D eigenvalue weighted by Crippen LogP contribution is -2.37. The second-order valence-electron chi connectivity index (χ2n) is 5.08. The fourth-order valence-corrected chi connectivity index (χ4v) is 3.63. The first-order valence-corrected chi connectivity index (χ1v) is 8.39. The highest BCUT2D eigenvalue weighted by Crippen LogP contribution is 2.33. The monoisotopic (exact) mass is 308 g/mol. The molecule has 0 aliphatic carbocycles. The van der Waals surface area contributed by atoms with Crippen molar-refractivity contribution in [2.75, 3.05) is 23.8 Å². The second-order valence-corrected chi connectivity index (χ2v) is 6.19. The summed E-state index contributed by atoms with van der Waals surface area (Å²) >= 11 is 1.67. The summed E-state index contributed by atoms with van der Waals surface area (Å²) in [7, 11) is 0. The van der Waals surface area contributed by atoms with Crippen LogP contribution in [0.4, 0.5) is 11.8 Å². The fourth-order valence-electron chi connectivity index (χ4n) is 2.66. The first-order chi connectivity index (χ1) is 10.1. The topological polar surface area (TPSA) is 75.3 Å². The Morgan fingerprint density at radius 3 is 2.57 bits per heavy atom. The average Bonchev–Trinajstić information content (AvgIpc) is 2.89. The Labute approximate surface area is 129 Å². The molecule has 0 aliphatic rings. The molecule has 0 unspecified atom stereocenters. The van der Waals surface area contributed by atoms with Gasteiger partial charge in [0.05, 0.1) is 12.0 Å². The van der Waals surface area contributed by atoms with Crippen LogP contribution in [0.15, 0.2) is 6.07 Å². The van der Waals surface area contributed by atoms with Gasteiger partial charge < -0.3 is 15.7 Å². The van der Waals surface area contributed by atoms with Crippen LogP contribution in [0.5, 0.6) is 0 Å². The van der Waals surface area contributed by atoms with E-state index in [9.17, 15) is 5.11 Å². The van der Waals surface area contributed by atoms with Crippen LogP contribution in [0.3, 0.4) is 0 Å². The molecule has 0 saturated carbocycles. The van der Waals surface area contributed by atoms with Gasteiger partial charge in [-0.05, 0) is 25.3 Å². The molecule has 2 aromatic heterocycles. The molecule has 6 heteroatoms. The van der Waals surface area contributed by atoms with Crippen molar-refractivity contribution in [3.05, 3.63) is 10.9 Å². The minimum atomic E-state index is 0.104. The lowest BCUT2D eigenvalue weighted by Gasteiger charge is -2.31. The van der Waals surface area contributed by atoms with Crippen LogP contribution in [0.25, 0.3) is 10.2 Å². The summed E-state index contributed by atoms with van der Waals surface area (Å²) in [4.78, 5) is 13.2. The Balaban J connectivity index is 2.57. The number of aryl methyl sites for hydroxylation is 1. The van der Waals surface area contributed by atoms with E-state index in [0.717, 1.165) is 35.3 Å². The molecule has 2 aromatic rings. The van der Waals surface area contributed by atoms with Crippen LogP contribution in [0.2, 0.25) is 0 Å². The summed E-state index contributed by atoms with van der Waals surface area (Å²) in [5.74, 6) is 1.16. The van der Waals surface area contributed by atoms with Crippen LogP contribution in [0, 0.1) is 0 Å². The van der Waals surface area contributed by atoms with Crippen LogP contribution in [-0.2, 0) is 6.42 Å². The van der Waals surface area contributed by atoms with Crippen LogP contribution in [0.1, 0.15) is 38.5 Å². The smallest absolute Gasteiger partial charge is 0.223 e. The third-order valence-corrected chi connectivity index (χ3v) is 4.96. The predicted molar refractivity (Wildman–Crippen MR) is 90.0 cm³/mol. The third-order valence-electron chi connectivity index (χ3n) is 3.79. The number of anilines is 2. The largest absolute Gasteiger partial charge is 0.395 e. The average molecular weight is 308 g/mol. The third kappa shape index (κ3) is 3.27. The number of aliphatic hydroxyl groups excluding tert-OH is 1. The van der Waals surface area contributed by atoms with Gasteiger partial charge in [-0.15, -0.1) is 11.3 Å². The lowest BCUT2D eigenvalue weighted by atomic mass is 10.1. The molecule has 0 aromatic carbocycles. The Hall–Kier alpha value is -1.40. The maximum Gasteiger partial charge on any atom is 0.223 e. The van der Waals surface area contributed by atoms with E-state index in [1.807, 2.05) is 0 Å². The van der Waals surface area contributed by atoms with Crippen molar-refractivity contribution in [3.63, 3.8) is 0 Å². The Morgan fingerprint density at radius 1 is 1.29 bits per heavy atom. The molecule has 0 bridgehead atoms. The molecule has 116 valence electrons. The first-order valence-electron chi connectivity index (χ1n) is 7.57. The van der Waals surface area contributed by atoms with Crippen LogP contribution >= 0.6 is 11.3 Å². The van der Waals surface area contributed by atoms with E-state index < -0.39 is 0 Å². The molecular weight excluding hydrogens is 284 g/mol. The zero-order valence-corrected chi connectivity index (χ0v) is 13.8. The molecular formula is C15H24N4OS. The zero-order valence-electron chi connectivity index (χ0n) is 13.0. The van der Waals surface area contributed by atoms with E-state index in [1.54, 1.807) is 11.3 Å². The van der Waals surface area contributed by atoms with Gasteiger partial charge in [0.2, 0.25) is 5.95 Å². The van der Waals surface area contributed by atoms with Crippen molar-refractivity contribution in [1.29, 1.82) is 0 Å². The van der Waals surface area contributed by atoms with E-state index in [2.05, 4.69) is 41.7 Å². The molecule has 0 amide bonds. The molecule has 2 rings (SSSR count). The van der Waals surface area contributed by atoms with Crippen LogP contribution in [-0.4, -0.2) is 34.3 Å². The van der Waals surface area contributed by atoms with E-state index >= 15 is 0 Å². The molecule has 3 N–H and O–H groups in total. The van der Waals surface area contributed by atoms with Gasteiger partial charge in [0, 0.05) is 17.5 Å². The van der Waals surface area contributed by atoms with Gasteiger partial charge in [0.25, 0.3) is 0 Å². The Kier molecular flexibility index (Phi) is 5.36. The van der Waals surface area contributed by atoms with Crippen molar-refractivity contribution in [2.24, 2.45) is 0 Å². The van der Waals surface area contributed by atoms with Gasteiger partial charge in [-0.1, -0.05) is 20.8 Å². The highest BCUT2D eigenvalue weighted by atomic mass is 32.1. The molecule has 0 atom stereocenters. The summed E-state index contributed by atoms with van der Waals surface area (Å²) in [5.41, 5.74) is 5.89. The Bertz CT molecular complexity index is 595. The number of rotatable bonds is 7. The van der Waals surface area contributed by atoms with Gasteiger partial charge in [-0.3, -0.25) is 0 Å². The van der Waals surface area contributed by atoms with Crippen LogP contribution < -0.4 is 10.6 Å². The fraction of sp³-hybridized carbons (Fsp3) is 0.600. The minimum Gasteiger partial charge on any atom is -0.395 e. The molecule has 0 spiro atoms. The number of hydrogen-bond acceptors (Lipinski definition) is 6. The molecule has 5 nitrogen and oxygen atoms in total. The maximum absolute atomic E-state index is 9.42. The summed E-state index contributed by atoms with van der Waals surface area (Å²) in [6.45, 7) is 7.12. The van der Waals surface area contributed by atoms with Crippen molar-refractivity contribution in [2.45, 2.75) is 46.1 Å². The first kappa shape index (κ1) is 16.0. The van der Waals surface area contributed by atoms with E-state index in [4.69, 9.17) is 5.73 Å². The number of nitrogens with two attached hydrogens (primary N) is 1. The maximum atomic E-state index is 9.42. The Morgan fingerprint density at radius 2 is 2.00 bits per heavy atom. The molecule has 2 heterocycles. The predicted octanol–water partition coefficient (Wildman–Crippen LogP) is 2.82. The summed E-state index contributed by atoms with van der Waals surface area (Å²) in [5, 5.41) is 10.5. The SMILES string of the molecule is CCc1cc2c(N(CCO)C(CC)CC)nc(N)nc2s1. The highest BCUT2D eigenvalue weighted by Gasteiger charge is 2.21. The van der Waals surface area contributed by atoms with Gasteiger partial charge in [-0.25, -0.2) is 4.98 Å². The number of fused-ring (bicyclic) bond motifs is 1. The number of nitrogens with zero attached hydrogens (tertiary/aromatic N) is 3. The zero-order chi connectivity index (χ0) is 15.4. The summed E-state index contributed by atoms with van der Waals surface area (Å²) in [6.07, 6.45) is 2.99. The van der Waals surface area contributed by atoms with E-state index in [1.165, 1.54) is 4.88 Å². The number of nitrogen functional groups attached to an aromatic ring is 1. The molecule has 0 fully saturated rings. The molecule has 0 aliphatic heterocycles. The summed E-state index contributed by atoms with van der Waals surface area (Å²) < 4.78 is 0. The quantitative estimate of drug-likeness (QED) is 0.822. The number of aliphatic hydroxyl groups is 1. The summed E-state index contributed by atoms with van der Waals surface area (Å²) in [6, 6.07) is 2.50. The number of aromatic nitrogens is 2. The normalized spacial score (nSPS) is 11.5. The van der Waals surface area contributed by atoms with Crippen molar-refractivity contribution >= 4 is 33.3 Å². The van der Waals surface area contributed by atoms with Crippen molar-refractivity contribution < 1.29 is 5.11 Å². The standard InChI is InChI=1S/C15H24N4OS/c1-4-10(5-2)19(7-8-20)13-12-9-11(6-3)21-14(12)18-15(16)17-13/h9-10,20H,4-8H2,1-3H3,(H2,16,17,18). The molecule has 0 saturated heterocycles. The van der Waals surface area contributed by atoms with E-state index in [0.29, 0.717) is 18.5 Å². The second kappa shape index (κ2) is 7.04. The minimum absolute atomic E-state index is 0.104. The van der Waals surface area contributed by atoms with E-state index in [-0.39, 0.29) is 6.61 Å². The lowest BCUT2D eigenvalue weighted by molar-refractivity contribution is 0.295. The number of thiophene rings is 1. The van der Waals surface area contributed by atoms with Crippen molar-refractivity contribution in [3.8, 4) is 0 Å². The van der Waals surface area contributed by atoms with Gasteiger partial charge in [0.15, 0.2) is 0 Å². The van der Waals surface area contributed by atoms with Crippen molar-refractivity contribution in [1.82, 2.24) is 9.97 Å². The van der Waals surface area contributed by atoms with Gasteiger partial charge >= 0.3 is 0 Å². The highest BCUT2D eigenvalue weighted by molar-refractivity contribution is 7.18. The van der Waals surface area contributed by atoms with Gasteiger partial charge in [0.1, 0.15) is 10.6 Å². The number of hydrogen-bond donors (Lipinski definition) is 2.